The van der Waals surface area contributed by atoms with Crippen LogP contribution in [0.2, 0.25) is 5.02 Å². The Kier molecular flexibility index (Phi) is 3.91. The predicted molar refractivity (Wildman–Crippen MR) is 108 cm³/mol. The van der Waals surface area contributed by atoms with Crippen molar-refractivity contribution in [2.45, 2.75) is 39.2 Å². The van der Waals surface area contributed by atoms with Crippen molar-refractivity contribution in [3.05, 3.63) is 57.5 Å². The van der Waals surface area contributed by atoms with E-state index in [4.69, 9.17) is 16.1 Å². The molecule has 28 heavy (non-hydrogen) atoms. The van der Waals surface area contributed by atoms with Crippen molar-refractivity contribution < 1.29 is 9.32 Å². The first-order chi connectivity index (χ1) is 13.5. The maximum atomic E-state index is 13.2. The van der Waals surface area contributed by atoms with Gasteiger partial charge in [0, 0.05) is 16.8 Å². The Bertz CT molecular complexity index is 1240. The first-order valence-corrected chi connectivity index (χ1v) is 9.74. The van der Waals surface area contributed by atoms with Gasteiger partial charge >= 0.3 is 0 Å². The number of nitrogens with one attached hydrogen (secondary N) is 2. The van der Waals surface area contributed by atoms with E-state index in [9.17, 15) is 4.79 Å². The van der Waals surface area contributed by atoms with Crippen LogP contribution in [0.4, 0.5) is 0 Å². The van der Waals surface area contributed by atoms with Gasteiger partial charge in [-0.1, -0.05) is 28.9 Å². The molecule has 1 aromatic carbocycles. The van der Waals surface area contributed by atoms with Crippen molar-refractivity contribution in [2.24, 2.45) is 0 Å². The van der Waals surface area contributed by atoms with E-state index in [1.165, 1.54) is 5.56 Å². The lowest BCUT2D eigenvalue weighted by Gasteiger charge is -2.24. The highest BCUT2D eigenvalue weighted by molar-refractivity contribution is 6.35. The number of H-pyrrole nitrogens is 1. The lowest BCUT2D eigenvalue weighted by Crippen LogP contribution is -2.31. The Morgan fingerprint density at radius 2 is 2.21 bits per heavy atom. The second-order valence-electron chi connectivity index (χ2n) is 7.36. The Labute approximate surface area is 166 Å². The second kappa shape index (κ2) is 6.34. The van der Waals surface area contributed by atoms with E-state index in [-0.39, 0.29) is 11.9 Å². The van der Waals surface area contributed by atoms with E-state index >= 15 is 0 Å². The number of aromatic nitrogens is 3. The monoisotopic (exact) mass is 394 g/mol. The average Bonchev–Trinajstić information content (AvgIpc) is 3.24. The number of rotatable bonds is 2. The zero-order valence-electron chi connectivity index (χ0n) is 15.6. The Balaban J connectivity index is 1.55. The number of benzene rings is 1. The Morgan fingerprint density at radius 1 is 1.36 bits per heavy atom. The number of amides is 1. The summed E-state index contributed by atoms with van der Waals surface area (Å²) < 4.78 is 5.26. The molecule has 142 valence electrons. The van der Waals surface area contributed by atoms with Crippen LogP contribution in [0.15, 0.2) is 28.8 Å². The normalized spacial score (nSPS) is 16.5. The van der Waals surface area contributed by atoms with Gasteiger partial charge in [-0.25, -0.2) is 4.98 Å². The van der Waals surface area contributed by atoms with Crippen molar-refractivity contribution >= 4 is 39.5 Å². The van der Waals surface area contributed by atoms with Gasteiger partial charge in [-0.3, -0.25) is 4.79 Å². The minimum Gasteiger partial charge on any atom is -0.355 e. The fraction of sp³-hybridized carbons (Fsp3) is 0.286. The van der Waals surface area contributed by atoms with Gasteiger partial charge in [0.25, 0.3) is 11.6 Å². The van der Waals surface area contributed by atoms with Crippen LogP contribution in [-0.2, 0) is 6.42 Å². The maximum Gasteiger partial charge on any atom is 0.258 e. The molecule has 0 aliphatic heterocycles. The largest absolute Gasteiger partial charge is 0.355 e. The third kappa shape index (κ3) is 2.59. The van der Waals surface area contributed by atoms with Crippen LogP contribution in [-0.4, -0.2) is 21.0 Å². The van der Waals surface area contributed by atoms with Crippen LogP contribution in [0.25, 0.3) is 22.0 Å². The number of aromatic amines is 1. The molecule has 1 atom stereocenters. The number of pyridine rings is 1. The lowest BCUT2D eigenvalue weighted by atomic mass is 9.91. The summed E-state index contributed by atoms with van der Waals surface area (Å²) in [6.07, 6.45) is 2.86. The molecule has 6 nitrogen and oxygen atoms in total. The molecule has 3 aromatic heterocycles. The molecule has 0 spiro atoms. The predicted octanol–water partition coefficient (Wildman–Crippen LogP) is 4.78. The third-order valence-electron chi connectivity index (χ3n) is 5.49. The van der Waals surface area contributed by atoms with Crippen LogP contribution >= 0.6 is 11.6 Å². The fourth-order valence-corrected chi connectivity index (χ4v) is 4.45. The van der Waals surface area contributed by atoms with Gasteiger partial charge in [-0.05, 0) is 50.8 Å². The van der Waals surface area contributed by atoms with Gasteiger partial charge in [0.05, 0.1) is 33.2 Å². The van der Waals surface area contributed by atoms with E-state index < -0.39 is 0 Å². The number of hydrogen-bond acceptors (Lipinski definition) is 4. The number of aryl methyl sites for hydroxylation is 3. The first-order valence-electron chi connectivity index (χ1n) is 9.36. The molecule has 0 bridgehead atoms. The second-order valence-corrected chi connectivity index (χ2v) is 7.76. The number of halogens is 1. The van der Waals surface area contributed by atoms with Crippen molar-refractivity contribution in [3.63, 3.8) is 0 Å². The molecule has 0 saturated carbocycles. The highest BCUT2D eigenvalue weighted by Gasteiger charge is 2.27. The standard InChI is InChI=1S/C21H19ClN4O2/c1-10-9-14(17-11(2)26-28-21(17)23-10)20(27)24-16-8-4-6-13-12-5-3-7-15(22)18(12)25-19(13)16/h3,5,7,9,16,25H,4,6,8H2,1-2H3,(H,24,27)/t16-/m0/s1. The molecule has 4 aromatic rings. The van der Waals surface area contributed by atoms with Gasteiger partial charge < -0.3 is 14.8 Å². The summed E-state index contributed by atoms with van der Waals surface area (Å²) in [6, 6.07) is 7.62. The highest BCUT2D eigenvalue weighted by atomic mass is 35.5. The van der Waals surface area contributed by atoms with Crippen LogP contribution < -0.4 is 5.32 Å². The topological polar surface area (TPSA) is 83.8 Å². The van der Waals surface area contributed by atoms with Crippen LogP contribution in [0.5, 0.6) is 0 Å². The molecular formula is C21H19ClN4O2. The number of carbonyl (C=O) groups is 1. The van der Waals surface area contributed by atoms with Gasteiger partial charge in [0.15, 0.2) is 0 Å². The smallest absolute Gasteiger partial charge is 0.258 e. The molecule has 0 saturated heterocycles. The molecule has 0 fully saturated rings. The Hall–Kier alpha value is -2.86. The zero-order chi connectivity index (χ0) is 19.4. The van der Waals surface area contributed by atoms with Gasteiger partial charge in [-0.2, -0.15) is 0 Å². The van der Waals surface area contributed by atoms with Crippen LogP contribution in [0.3, 0.4) is 0 Å². The van der Waals surface area contributed by atoms with Gasteiger partial charge in [-0.15, -0.1) is 0 Å². The van der Waals surface area contributed by atoms with E-state index in [2.05, 4.69) is 26.5 Å². The number of hydrogen-bond donors (Lipinski definition) is 2. The van der Waals surface area contributed by atoms with Gasteiger partial charge in [0.2, 0.25) is 0 Å². The molecular weight excluding hydrogens is 376 g/mol. The number of para-hydroxylation sites is 1. The molecule has 3 heterocycles. The molecule has 1 amide bonds. The Morgan fingerprint density at radius 3 is 3.07 bits per heavy atom. The molecule has 7 heteroatoms. The quantitative estimate of drug-likeness (QED) is 0.512. The van der Waals surface area contributed by atoms with Crippen LogP contribution in [0, 0.1) is 13.8 Å². The summed E-state index contributed by atoms with van der Waals surface area (Å²) in [5, 5.41) is 9.66. The molecule has 0 unspecified atom stereocenters. The summed E-state index contributed by atoms with van der Waals surface area (Å²) in [7, 11) is 0. The van der Waals surface area contributed by atoms with E-state index in [0.717, 1.165) is 41.6 Å². The summed E-state index contributed by atoms with van der Waals surface area (Å²) in [6.45, 7) is 3.66. The van der Waals surface area contributed by atoms with Crippen molar-refractivity contribution in [2.75, 3.05) is 0 Å². The SMILES string of the molecule is Cc1cc(C(=O)N[C@H]2CCCc3c2[nH]c2c(Cl)cccc32)c2c(C)noc2n1. The zero-order valence-corrected chi connectivity index (χ0v) is 16.4. The maximum absolute atomic E-state index is 13.2. The highest BCUT2D eigenvalue weighted by Crippen LogP contribution is 2.37. The first kappa shape index (κ1) is 17.3. The van der Waals surface area contributed by atoms with E-state index in [0.29, 0.717) is 27.4 Å². The number of fused-ring (bicyclic) bond motifs is 4. The van der Waals surface area contributed by atoms with Crippen molar-refractivity contribution in [1.82, 2.24) is 20.4 Å². The summed E-state index contributed by atoms with van der Waals surface area (Å²) in [4.78, 5) is 21.0. The molecule has 1 aliphatic rings. The van der Waals surface area contributed by atoms with Crippen molar-refractivity contribution in [3.8, 4) is 0 Å². The molecule has 0 radical (unpaired) electrons. The summed E-state index contributed by atoms with van der Waals surface area (Å²) in [5.74, 6) is -0.149. The summed E-state index contributed by atoms with van der Waals surface area (Å²) in [5.41, 5.74) is 5.54. The molecule has 2 N–H and O–H groups in total. The fourth-order valence-electron chi connectivity index (χ4n) is 4.23. The number of carbonyl (C=O) groups excluding carboxylic acids is 1. The number of nitrogens with zero attached hydrogens (tertiary/aromatic N) is 2. The van der Waals surface area contributed by atoms with E-state index in [1.54, 1.807) is 6.07 Å². The minimum atomic E-state index is -0.149. The van der Waals surface area contributed by atoms with Crippen LogP contribution in [0.1, 0.15) is 51.9 Å². The average molecular weight is 395 g/mol. The van der Waals surface area contributed by atoms with Crippen molar-refractivity contribution in [1.29, 1.82) is 0 Å². The molecule has 5 rings (SSSR count). The lowest BCUT2D eigenvalue weighted by molar-refractivity contribution is 0.0933. The van der Waals surface area contributed by atoms with E-state index in [1.807, 2.05) is 26.0 Å². The third-order valence-corrected chi connectivity index (χ3v) is 5.80. The molecule has 1 aliphatic carbocycles. The minimum absolute atomic E-state index is 0.0941. The van der Waals surface area contributed by atoms with Gasteiger partial charge in [0.1, 0.15) is 0 Å². The summed E-state index contributed by atoms with van der Waals surface area (Å²) >= 11 is 6.37.